The number of aryl methyl sites for hydroxylation is 1. The fraction of sp³-hybridized carbons (Fsp3) is 0.667. The van der Waals surface area contributed by atoms with Gasteiger partial charge < -0.3 is 10.3 Å². The summed E-state index contributed by atoms with van der Waals surface area (Å²) in [5.74, 6) is 2.71. The van der Waals surface area contributed by atoms with Crippen LogP contribution >= 0.6 is 11.8 Å². The van der Waals surface area contributed by atoms with E-state index in [1.807, 2.05) is 18.7 Å². The second-order valence-corrected chi connectivity index (χ2v) is 5.71. The molecule has 0 radical (unpaired) electrons. The lowest BCUT2D eigenvalue weighted by Gasteiger charge is -2.21. The Morgan fingerprint density at radius 1 is 1.59 bits per heavy atom. The number of hydrogen-bond donors (Lipinski definition) is 2. The Bertz CT molecular complexity index is 412. The average Bonchev–Trinajstić information content (AvgIpc) is 2.37. The lowest BCUT2D eigenvalue weighted by Crippen LogP contribution is -2.22. The molecule has 0 saturated carbocycles. The minimum Gasteiger partial charge on any atom is -0.369 e. The van der Waals surface area contributed by atoms with Crippen LogP contribution in [0, 0.1) is 0 Å². The van der Waals surface area contributed by atoms with Crippen LogP contribution in [0.4, 0.5) is 5.82 Å². The highest BCUT2D eigenvalue weighted by Crippen LogP contribution is 2.24. The summed E-state index contributed by atoms with van der Waals surface area (Å²) in [5, 5.41) is 3.94. The minimum atomic E-state index is -0.0735. The van der Waals surface area contributed by atoms with Crippen molar-refractivity contribution in [1.82, 2.24) is 9.97 Å². The van der Waals surface area contributed by atoms with Gasteiger partial charge in [0.05, 0.1) is 0 Å². The number of nitrogens with one attached hydrogen (secondary N) is 2. The van der Waals surface area contributed by atoms with Crippen molar-refractivity contribution in [2.45, 2.75) is 37.9 Å². The van der Waals surface area contributed by atoms with Gasteiger partial charge in [-0.15, -0.1) is 0 Å². The first kappa shape index (κ1) is 12.5. The van der Waals surface area contributed by atoms with Crippen LogP contribution in [0.5, 0.6) is 0 Å². The third-order valence-corrected chi connectivity index (χ3v) is 4.31. The molecule has 0 aliphatic carbocycles. The van der Waals surface area contributed by atoms with Crippen molar-refractivity contribution in [2.75, 3.05) is 17.6 Å². The largest absolute Gasteiger partial charge is 0.369 e. The maximum Gasteiger partial charge on any atom is 0.252 e. The van der Waals surface area contributed by atoms with E-state index in [4.69, 9.17) is 0 Å². The first-order valence-corrected chi connectivity index (χ1v) is 7.28. The molecule has 17 heavy (non-hydrogen) atoms. The summed E-state index contributed by atoms with van der Waals surface area (Å²) in [6.45, 7) is 2.89. The predicted molar refractivity (Wildman–Crippen MR) is 72.8 cm³/mol. The summed E-state index contributed by atoms with van der Waals surface area (Å²) in [6.07, 6.45) is 4.68. The number of thioether (sulfide) groups is 1. The van der Waals surface area contributed by atoms with E-state index in [1.54, 1.807) is 0 Å². The molecule has 0 amide bonds. The molecule has 1 fully saturated rings. The van der Waals surface area contributed by atoms with Gasteiger partial charge in [-0.3, -0.25) is 4.79 Å². The topological polar surface area (TPSA) is 57.8 Å². The van der Waals surface area contributed by atoms with Crippen LogP contribution in [0.3, 0.4) is 0 Å². The monoisotopic (exact) mass is 253 g/mol. The molecule has 0 bridgehead atoms. The molecule has 2 N–H and O–H groups in total. The van der Waals surface area contributed by atoms with E-state index in [0.29, 0.717) is 11.1 Å². The van der Waals surface area contributed by atoms with Gasteiger partial charge in [0, 0.05) is 24.3 Å². The lowest BCUT2D eigenvalue weighted by molar-refractivity contribution is 0.676. The van der Waals surface area contributed by atoms with Gasteiger partial charge in [0.15, 0.2) is 0 Å². The van der Waals surface area contributed by atoms with Crippen LogP contribution in [-0.4, -0.2) is 27.5 Å². The second kappa shape index (κ2) is 6.10. The third-order valence-electron chi connectivity index (χ3n) is 2.91. The standard InChI is InChI=1S/C12H19N3OS/c1-2-10-14-11(7-12(16)15-10)13-8-9-5-3-4-6-17-9/h7,9H,2-6,8H2,1H3,(H2,13,14,15,16). The Hall–Kier alpha value is -0.970. The quantitative estimate of drug-likeness (QED) is 0.862. The van der Waals surface area contributed by atoms with Crippen LogP contribution in [0.1, 0.15) is 32.0 Å². The molecule has 0 spiro atoms. The highest BCUT2D eigenvalue weighted by atomic mass is 32.2. The molecule has 2 heterocycles. The molecule has 1 aliphatic rings. The Labute approximate surface area is 106 Å². The van der Waals surface area contributed by atoms with Gasteiger partial charge in [0.2, 0.25) is 0 Å². The lowest BCUT2D eigenvalue weighted by atomic mass is 10.2. The summed E-state index contributed by atoms with van der Waals surface area (Å²) < 4.78 is 0. The van der Waals surface area contributed by atoms with Gasteiger partial charge in [-0.1, -0.05) is 13.3 Å². The van der Waals surface area contributed by atoms with E-state index in [-0.39, 0.29) is 5.56 Å². The zero-order valence-electron chi connectivity index (χ0n) is 10.2. The minimum absolute atomic E-state index is 0.0735. The number of aromatic amines is 1. The van der Waals surface area contributed by atoms with Gasteiger partial charge >= 0.3 is 0 Å². The summed E-state index contributed by atoms with van der Waals surface area (Å²) in [6, 6.07) is 1.53. The molecule has 2 rings (SSSR count). The van der Waals surface area contributed by atoms with Crippen LogP contribution in [0.15, 0.2) is 10.9 Å². The van der Waals surface area contributed by atoms with Gasteiger partial charge in [0.1, 0.15) is 11.6 Å². The Morgan fingerprint density at radius 3 is 3.18 bits per heavy atom. The number of nitrogens with zero attached hydrogens (tertiary/aromatic N) is 1. The van der Waals surface area contributed by atoms with Gasteiger partial charge in [-0.25, -0.2) is 4.98 Å². The first-order chi connectivity index (χ1) is 8.28. The van der Waals surface area contributed by atoms with Gasteiger partial charge in [-0.05, 0) is 18.6 Å². The second-order valence-electron chi connectivity index (χ2n) is 4.30. The van der Waals surface area contributed by atoms with Crippen LogP contribution in [0.2, 0.25) is 0 Å². The average molecular weight is 253 g/mol. The maximum atomic E-state index is 11.4. The van der Waals surface area contributed by atoms with Crippen molar-refractivity contribution in [3.8, 4) is 0 Å². The molecule has 1 unspecified atom stereocenters. The number of hydrogen-bond acceptors (Lipinski definition) is 4. The van der Waals surface area contributed by atoms with Crippen LogP contribution in [0.25, 0.3) is 0 Å². The zero-order valence-corrected chi connectivity index (χ0v) is 11.0. The highest BCUT2D eigenvalue weighted by molar-refractivity contribution is 7.99. The van der Waals surface area contributed by atoms with Gasteiger partial charge in [0.25, 0.3) is 5.56 Å². The fourth-order valence-electron chi connectivity index (χ4n) is 1.95. The van der Waals surface area contributed by atoms with Crippen molar-refractivity contribution in [3.63, 3.8) is 0 Å². The highest BCUT2D eigenvalue weighted by Gasteiger charge is 2.13. The summed E-state index contributed by atoms with van der Waals surface area (Å²) in [5.41, 5.74) is -0.0735. The normalized spacial score (nSPS) is 20.2. The Morgan fingerprint density at radius 2 is 2.47 bits per heavy atom. The predicted octanol–water partition coefficient (Wildman–Crippen LogP) is 2.03. The Kier molecular flexibility index (Phi) is 4.48. The Balaban J connectivity index is 1.93. The molecule has 1 atom stereocenters. The maximum absolute atomic E-state index is 11.4. The number of H-pyrrole nitrogens is 1. The molecule has 0 aromatic carbocycles. The molecule has 1 saturated heterocycles. The first-order valence-electron chi connectivity index (χ1n) is 6.23. The molecule has 94 valence electrons. The summed E-state index contributed by atoms with van der Waals surface area (Å²) >= 11 is 2.02. The summed E-state index contributed by atoms with van der Waals surface area (Å²) in [4.78, 5) is 18.5. The summed E-state index contributed by atoms with van der Waals surface area (Å²) in [7, 11) is 0. The number of anilines is 1. The van der Waals surface area contributed by atoms with E-state index in [0.717, 1.165) is 18.8 Å². The van der Waals surface area contributed by atoms with E-state index >= 15 is 0 Å². The molecule has 1 aliphatic heterocycles. The molecule has 4 nitrogen and oxygen atoms in total. The van der Waals surface area contributed by atoms with Crippen LogP contribution < -0.4 is 10.9 Å². The molecular weight excluding hydrogens is 234 g/mol. The van der Waals surface area contributed by atoms with E-state index in [2.05, 4.69) is 15.3 Å². The van der Waals surface area contributed by atoms with E-state index in [1.165, 1.54) is 31.1 Å². The molecular formula is C12H19N3OS. The van der Waals surface area contributed by atoms with Crippen molar-refractivity contribution in [2.24, 2.45) is 0 Å². The SMILES string of the molecule is CCc1nc(NCC2CCCCS2)cc(=O)[nH]1. The smallest absolute Gasteiger partial charge is 0.252 e. The third kappa shape index (κ3) is 3.77. The number of rotatable bonds is 4. The van der Waals surface area contributed by atoms with Crippen LogP contribution in [-0.2, 0) is 6.42 Å². The van der Waals surface area contributed by atoms with E-state index < -0.39 is 0 Å². The zero-order chi connectivity index (χ0) is 12.1. The molecule has 1 aromatic heterocycles. The van der Waals surface area contributed by atoms with Crippen molar-refractivity contribution in [1.29, 1.82) is 0 Å². The van der Waals surface area contributed by atoms with Crippen molar-refractivity contribution < 1.29 is 0 Å². The number of aromatic nitrogens is 2. The fourth-order valence-corrected chi connectivity index (χ4v) is 3.19. The van der Waals surface area contributed by atoms with Crippen molar-refractivity contribution in [3.05, 3.63) is 22.2 Å². The molecule has 1 aromatic rings. The van der Waals surface area contributed by atoms with Gasteiger partial charge in [-0.2, -0.15) is 11.8 Å². The molecule has 5 heteroatoms. The van der Waals surface area contributed by atoms with E-state index in [9.17, 15) is 4.79 Å². The van der Waals surface area contributed by atoms with Crippen molar-refractivity contribution >= 4 is 17.6 Å².